The molecule has 0 spiro atoms. The lowest BCUT2D eigenvalue weighted by molar-refractivity contribution is -0.157. The minimum Gasteiger partial charge on any atom is -0.348 e. The molecule has 1 aromatic heterocycles. The van der Waals surface area contributed by atoms with Crippen molar-refractivity contribution in [3.8, 4) is 11.4 Å². The number of hydrogen-bond acceptors (Lipinski definition) is 5. The van der Waals surface area contributed by atoms with Crippen LogP contribution in [0.3, 0.4) is 0 Å². The van der Waals surface area contributed by atoms with Crippen LogP contribution in [0.15, 0.2) is 30.3 Å². The number of amides is 1. The molecular formula is C14H13F3N4OS. The fourth-order valence-electron chi connectivity index (χ4n) is 2.38. The van der Waals surface area contributed by atoms with Crippen molar-refractivity contribution in [2.45, 2.75) is 18.6 Å². The summed E-state index contributed by atoms with van der Waals surface area (Å²) < 4.78 is 41.4. The number of carbonyl (C=O) groups excluding carboxylic acids is 1. The Balaban J connectivity index is 1.65. The van der Waals surface area contributed by atoms with Crippen LogP contribution in [0.25, 0.3) is 11.4 Å². The Morgan fingerprint density at radius 1 is 1.30 bits per heavy atom. The standard InChI is InChI=1S/C14H13F3N4OS/c15-14(16,17)8-21-7-6-10(12(21)22)18-13-19-11(20-23-13)9-4-2-1-3-5-9/h1-5,10H,6-8H2,(H,18,19,20). The first-order valence-electron chi connectivity index (χ1n) is 6.93. The summed E-state index contributed by atoms with van der Waals surface area (Å²) in [7, 11) is 0. The third-order valence-electron chi connectivity index (χ3n) is 3.42. The summed E-state index contributed by atoms with van der Waals surface area (Å²) in [5, 5.41) is 3.31. The number of anilines is 1. The van der Waals surface area contributed by atoms with Crippen LogP contribution in [0.1, 0.15) is 6.42 Å². The lowest BCUT2D eigenvalue weighted by Crippen LogP contribution is -2.39. The predicted octanol–water partition coefficient (Wildman–Crippen LogP) is 2.78. The van der Waals surface area contributed by atoms with E-state index < -0.39 is 24.7 Å². The van der Waals surface area contributed by atoms with Gasteiger partial charge in [0.25, 0.3) is 0 Å². The molecule has 1 fully saturated rings. The van der Waals surface area contributed by atoms with Crippen molar-refractivity contribution in [1.29, 1.82) is 0 Å². The number of benzene rings is 1. The molecule has 3 rings (SSSR count). The van der Waals surface area contributed by atoms with Crippen LogP contribution < -0.4 is 5.32 Å². The third-order valence-corrected chi connectivity index (χ3v) is 4.07. The highest BCUT2D eigenvalue weighted by Gasteiger charge is 2.39. The summed E-state index contributed by atoms with van der Waals surface area (Å²) in [5.41, 5.74) is 0.841. The van der Waals surface area contributed by atoms with Gasteiger partial charge in [0.2, 0.25) is 11.0 Å². The molecule has 0 saturated carbocycles. The smallest absolute Gasteiger partial charge is 0.348 e. The van der Waals surface area contributed by atoms with E-state index in [1.54, 1.807) is 0 Å². The molecule has 9 heteroatoms. The van der Waals surface area contributed by atoms with Gasteiger partial charge in [0.05, 0.1) is 0 Å². The van der Waals surface area contributed by atoms with Crippen LogP contribution in [-0.4, -0.2) is 45.5 Å². The van der Waals surface area contributed by atoms with Gasteiger partial charge < -0.3 is 10.2 Å². The van der Waals surface area contributed by atoms with E-state index in [2.05, 4.69) is 14.7 Å². The Labute approximate surface area is 134 Å². The Morgan fingerprint density at radius 3 is 2.74 bits per heavy atom. The molecular weight excluding hydrogens is 329 g/mol. The van der Waals surface area contributed by atoms with Crippen molar-refractivity contribution in [2.24, 2.45) is 0 Å². The maximum absolute atomic E-state index is 12.4. The summed E-state index contributed by atoms with van der Waals surface area (Å²) in [4.78, 5) is 17.1. The predicted molar refractivity (Wildman–Crippen MR) is 80.0 cm³/mol. The monoisotopic (exact) mass is 342 g/mol. The number of likely N-dealkylation sites (tertiary alicyclic amines) is 1. The number of nitrogens with zero attached hydrogens (tertiary/aromatic N) is 3. The molecule has 0 aliphatic carbocycles. The molecule has 23 heavy (non-hydrogen) atoms. The summed E-state index contributed by atoms with van der Waals surface area (Å²) in [5.74, 6) is -0.0329. The number of aromatic nitrogens is 2. The normalized spacial score (nSPS) is 18.5. The summed E-state index contributed by atoms with van der Waals surface area (Å²) >= 11 is 1.08. The molecule has 1 aliphatic heterocycles. The number of carbonyl (C=O) groups is 1. The van der Waals surface area contributed by atoms with Crippen LogP contribution in [0.4, 0.5) is 18.3 Å². The first-order chi connectivity index (χ1) is 10.9. The summed E-state index contributed by atoms with van der Waals surface area (Å²) in [6, 6.07) is 8.63. The number of hydrogen-bond donors (Lipinski definition) is 1. The maximum Gasteiger partial charge on any atom is 0.406 e. The van der Waals surface area contributed by atoms with Crippen LogP contribution >= 0.6 is 11.5 Å². The van der Waals surface area contributed by atoms with Gasteiger partial charge in [-0.3, -0.25) is 4.79 Å². The Hall–Kier alpha value is -2.16. The van der Waals surface area contributed by atoms with Crippen molar-refractivity contribution in [3.63, 3.8) is 0 Å². The second-order valence-corrected chi connectivity index (χ2v) is 5.90. The number of rotatable bonds is 4. The minimum atomic E-state index is -4.38. The van der Waals surface area contributed by atoms with Crippen molar-refractivity contribution in [1.82, 2.24) is 14.3 Å². The molecule has 1 aromatic carbocycles. The molecule has 5 nitrogen and oxygen atoms in total. The second-order valence-electron chi connectivity index (χ2n) is 5.15. The zero-order valence-electron chi connectivity index (χ0n) is 11.9. The van der Waals surface area contributed by atoms with Gasteiger partial charge in [-0.05, 0) is 6.42 Å². The molecule has 0 radical (unpaired) electrons. The average molecular weight is 342 g/mol. The maximum atomic E-state index is 12.4. The van der Waals surface area contributed by atoms with Crippen molar-refractivity contribution < 1.29 is 18.0 Å². The average Bonchev–Trinajstić information content (AvgIpc) is 3.09. The Morgan fingerprint density at radius 2 is 2.04 bits per heavy atom. The number of alkyl halides is 3. The molecule has 2 heterocycles. The van der Waals surface area contributed by atoms with Gasteiger partial charge in [-0.2, -0.15) is 22.5 Å². The van der Waals surface area contributed by atoms with Crippen LogP contribution in [0.5, 0.6) is 0 Å². The van der Waals surface area contributed by atoms with Crippen LogP contribution in [-0.2, 0) is 4.79 Å². The SMILES string of the molecule is O=C1C(Nc2nc(-c3ccccc3)ns2)CCN1CC(F)(F)F. The number of halogens is 3. The highest BCUT2D eigenvalue weighted by molar-refractivity contribution is 7.09. The van der Waals surface area contributed by atoms with E-state index >= 15 is 0 Å². The van der Waals surface area contributed by atoms with E-state index in [1.165, 1.54) is 0 Å². The highest BCUT2D eigenvalue weighted by atomic mass is 32.1. The lowest BCUT2D eigenvalue weighted by atomic mass is 10.2. The lowest BCUT2D eigenvalue weighted by Gasteiger charge is -2.18. The quantitative estimate of drug-likeness (QED) is 0.928. The molecule has 1 atom stereocenters. The summed E-state index contributed by atoms with van der Waals surface area (Å²) in [6.45, 7) is -1.13. The molecule has 2 aromatic rings. The topological polar surface area (TPSA) is 58.1 Å². The fourth-order valence-corrected chi connectivity index (χ4v) is 3.02. The zero-order chi connectivity index (χ0) is 16.4. The fraction of sp³-hybridized carbons (Fsp3) is 0.357. The van der Waals surface area contributed by atoms with Crippen molar-refractivity contribution >= 4 is 22.6 Å². The van der Waals surface area contributed by atoms with Gasteiger partial charge >= 0.3 is 6.18 Å². The minimum absolute atomic E-state index is 0.0837. The van der Waals surface area contributed by atoms with Crippen molar-refractivity contribution in [2.75, 3.05) is 18.4 Å². The van der Waals surface area contributed by atoms with Gasteiger partial charge in [-0.1, -0.05) is 30.3 Å². The van der Waals surface area contributed by atoms with E-state index in [-0.39, 0.29) is 6.54 Å². The van der Waals surface area contributed by atoms with E-state index in [1.807, 2.05) is 30.3 Å². The summed E-state index contributed by atoms with van der Waals surface area (Å²) in [6.07, 6.45) is -4.07. The molecule has 1 saturated heterocycles. The van der Waals surface area contributed by atoms with Gasteiger partial charge in [-0.15, -0.1) is 0 Å². The van der Waals surface area contributed by atoms with Gasteiger partial charge in [-0.25, -0.2) is 0 Å². The van der Waals surface area contributed by atoms with Gasteiger partial charge in [0.15, 0.2) is 5.82 Å². The van der Waals surface area contributed by atoms with E-state index in [4.69, 9.17) is 0 Å². The van der Waals surface area contributed by atoms with E-state index in [9.17, 15) is 18.0 Å². The Bertz CT molecular complexity index is 689. The molecule has 1 aliphatic rings. The molecule has 1 unspecified atom stereocenters. The Kier molecular flexibility index (Phi) is 4.20. The van der Waals surface area contributed by atoms with Gasteiger partial charge in [0, 0.05) is 23.6 Å². The van der Waals surface area contributed by atoms with E-state index in [0.29, 0.717) is 17.4 Å². The molecule has 122 valence electrons. The van der Waals surface area contributed by atoms with Crippen molar-refractivity contribution in [3.05, 3.63) is 30.3 Å². The van der Waals surface area contributed by atoms with Crippen LogP contribution in [0.2, 0.25) is 0 Å². The third kappa shape index (κ3) is 3.79. The second kappa shape index (κ2) is 6.15. The molecule has 1 N–H and O–H groups in total. The molecule has 0 bridgehead atoms. The first-order valence-corrected chi connectivity index (χ1v) is 7.71. The van der Waals surface area contributed by atoms with Gasteiger partial charge in [0.1, 0.15) is 12.6 Å². The van der Waals surface area contributed by atoms with Crippen LogP contribution in [0, 0.1) is 0 Å². The zero-order valence-corrected chi connectivity index (χ0v) is 12.7. The largest absolute Gasteiger partial charge is 0.406 e. The molecule has 1 amide bonds. The number of nitrogens with one attached hydrogen (secondary N) is 1. The first kappa shape index (κ1) is 15.7. The highest BCUT2D eigenvalue weighted by Crippen LogP contribution is 2.25. The van der Waals surface area contributed by atoms with E-state index in [0.717, 1.165) is 22.0 Å².